The molecule has 0 atom stereocenters. The summed E-state index contributed by atoms with van der Waals surface area (Å²) in [4.78, 5) is 13.8. The van der Waals surface area contributed by atoms with Crippen LogP contribution in [-0.2, 0) is 18.6 Å². The highest BCUT2D eigenvalue weighted by molar-refractivity contribution is 5.83. The van der Waals surface area contributed by atoms with Crippen molar-refractivity contribution in [3.05, 3.63) is 65.6 Å². The number of benzene rings is 1. The minimum atomic E-state index is -0.976. The van der Waals surface area contributed by atoms with Gasteiger partial charge in [0.1, 0.15) is 11.4 Å². The van der Waals surface area contributed by atoms with Gasteiger partial charge in [-0.25, -0.2) is 4.98 Å². The lowest BCUT2D eigenvalue weighted by Crippen LogP contribution is -2.17. The molecule has 0 radical (unpaired) electrons. The van der Waals surface area contributed by atoms with Crippen LogP contribution >= 0.6 is 0 Å². The Kier molecular flexibility index (Phi) is 4.33. The molecule has 0 spiro atoms. The molecule has 1 aliphatic rings. The van der Waals surface area contributed by atoms with E-state index in [2.05, 4.69) is 31.6 Å². The number of H-pyrrole nitrogens is 1. The third kappa shape index (κ3) is 3.44. The van der Waals surface area contributed by atoms with E-state index in [1.165, 1.54) is 5.56 Å². The van der Waals surface area contributed by atoms with Crippen LogP contribution < -0.4 is 5.32 Å². The summed E-state index contributed by atoms with van der Waals surface area (Å²) in [6, 6.07) is 12.0. The summed E-state index contributed by atoms with van der Waals surface area (Å²) in [5.74, 6) is 0.796. The maximum atomic E-state index is 10.2. The first-order valence-corrected chi connectivity index (χ1v) is 9.88. The van der Waals surface area contributed by atoms with Crippen molar-refractivity contribution in [3.63, 3.8) is 0 Å². The quantitative estimate of drug-likeness (QED) is 0.480. The molecule has 5 rings (SSSR count). The van der Waals surface area contributed by atoms with Gasteiger partial charge in [0, 0.05) is 41.0 Å². The maximum Gasteiger partial charge on any atom is 0.136 e. The fraction of sp³-hybridized carbons (Fsp3) is 0.217. The summed E-state index contributed by atoms with van der Waals surface area (Å²) < 4.78 is 0. The van der Waals surface area contributed by atoms with Crippen molar-refractivity contribution in [2.24, 2.45) is 4.99 Å². The lowest BCUT2D eigenvalue weighted by atomic mass is 9.99. The number of nitrogens with zero attached hydrogens (tertiary/aromatic N) is 4. The van der Waals surface area contributed by atoms with Crippen LogP contribution in [0.25, 0.3) is 22.2 Å². The van der Waals surface area contributed by atoms with Crippen molar-refractivity contribution in [1.82, 2.24) is 20.2 Å². The van der Waals surface area contributed by atoms with E-state index in [9.17, 15) is 5.11 Å². The molecule has 0 aliphatic carbocycles. The Morgan fingerprint density at radius 3 is 2.80 bits per heavy atom. The molecule has 1 aromatic carbocycles. The van der Waals surface area contributed by atoms with Gasteiger partial charge in [-0.2, -0.15) is 5.10 Å². The Morgan fingerprint density at radius 2 is 2.00 bits per heavy atom. The molecule has 30 heavy (non-hydrogen) atoms. The van der Waals surface area contributed by atoms with Crippen LogP contribution in [0.15, 0.2) is 53.8 Å². The minimum absolute atomic E-state index is 0.604. The van der Waals surface area contributed by atoms with Gasteiger partial charge in [0.2, 0.25) is 0 Å². The second-order valence-electron chi connectivity index (χ2n) is 8.01. The Bertz CT molecular complexity index is 1250. The first kappa shape index (κ1) is 18.4. The van der Waals surface area contributed by atoms with Crippen LogP contribution in [0.5, 0.6) is 0 Å². The largest absolute Gasteiger partial charge is 0.384 e. The predicted molar refractivity (Wildman–Crippen MR) is 118 cm³/mol. The molecule has 0 saturated heterocycles. The van der Waals surface area contributed by atoms with Crippen LogP contribution in [0, 0.1) is 0 Å². The molecule has 4 heterocycles. The van der Waals surface area contributed by atoms with Gasteiger partial charge in [-0.1, -0.05) is 0 Å². The van der Waals surface area contributed by atoms with Gasteiger partial charge in [0.05, 0.1) is 29.6 Å². The Morgan fingerprint density at radius 1 is 1.10 bits per heavy atom. The monoisotopic (exact) mass is 398 g/mol. The molecule has 7 heteroatoms. The lowest BCUT2D eigenvalue weighted by Gasteiger charge is -2.19. The third-order valence-corrected chi connectivity index (χ3v) is 5.30. The number of aliphatic imine (C=N–C) groups is 1. The molecule has 0 saturated carbocycles. The first-order chi connectivity index (χ1) is 14.5. The van der Waals surface area contributed by atoms with Gasteiger partial charge in [-0.3, -0.25) is 15.1 Å². The zero-order valence-electron chi connectivity index (χ0n) is 16.8. The highest BCUT2D eigenvalue weighted by Crippen LogP contribution is 2.31. The Labute approximate surface area is 173 Å². The SMILES string of the molecule is CC(C)(O)c1ccc(-c2cc3c(c(Nc4ccc5cn[nH]c5c4)n2)CN=CC3)cn1. The molecule has 150 valence electrons. The fourth-order valence-electron chi connectivity index (χ4n) is 3.61. The predicted octanol–water partition coefficient (Wildman–Crippen LogP) is 4.12. The topological polar surface area (TPSA) is 99.1 Å². The third-order valence-electron chi connectivity index (χ3n) is 5.30. The van der Waals surface area contributed by atoms with E-state index in [4.69, 9.17) is 4.98 Å². The molecule has 0 bridgehead atoms. The maximum absolute atomic E-state index is 10.2. The number of rotatable bonds is 4. The molecule has 3 aromatic heterocycles. The molecule has 0 amide bonds. The van der Waals surface area contributed by atoms with Crippen LogP contribution in [-0.4, -0.2) is 31.5 Å². The van der Waals surface area contributed by atoms with E-state index in [1.807, 2.05) is 36.5 Å². The van der Waals surface area contributed by atoms with Crippen molar-refractivity contribution >= 4 is 28.6 Å². The highest BCUT2D eigenvalue weighted by Gasteiger charge is 2.19. The summed E-state index contributed by atoms with van der Waals surface area (Å²) in [7, 11) is 0. The number of fused-ring (bicyclic) bond motifs is 2. The van der Waals surface area contributed by atoms with E-state index in [0.29, 0.717) is 12.2 Å². The summed E-state index contributed by atoms with van der Waals surface area (Å²) >= 11 is 0. The summed E-state index contributed by atoms with van der Waals surface area (Å²) in [5.41, 5.74) is 5.60. The molecule has 0 unspecified atom stereocenters. The number of nitrogens with one attached hydrogen (secondary N) is 2. The summed E-state index contributed by atoms with van der Waals surface area (Å²) in [6.07, 6.45) is 6.29. The summed E-state index contributed by atoms with van der Waals surface area (Å²) in [5, 5.41) is 21.8. The first-order valence-electron chi connectivity index (χ1n) is 9.88. The van der Waals surface area contributed by atoms with Crippen molar-refractivity contribution < 1.29 is 5.11 Å². The normalized spacial score (nSPS) is 13.4. The van der Waals surface area contributed by atoms with E-state index in [0.717, 1.165) is 45.6 Å². The summed E-state index contributed by atoms with van der Waals surface area (Å²) in [6.45, 7) is 4.06. The van der Waals surface area contributed by atoms with Crippen molar-refractivity contribution in [3.8, 4) is 11.3 Å². The second kappa shape index (κ2) is 7.03. The van der Waals surface area contributed by atoms with Gasteiger partial charge in [0.15, 0.2) is 0 Å². The number of hydrogen-bond donors (Lipinski definition) is 3. The zero-order chi connectivity index (χ0) is 20.7. The van der Waals surface area contributed by atoms with Crippen molar-refractivity contribution in [1.29, 1.82) is 0 Å². The molecule has 1 aliphatic heterocycles. The average Bonchev–Trinajstić information content (AvgIpc) is 3.21. The standard InChI is InChI=1S/C23H22N6O/c1-23(2,30)21-6-4-15(11-25-21)19-9-14-7-8-24-13-18(14)22(28-19)27-17-5-3-16-12-26-29-20(16)10-17/h3-6,8-12,30H,7,13H2,1-2H3,(H,26,29)(H,27,28). The van der Waals surface area contributed by atoms with Crippen LogP contribution in [0.1, 0.15) is 30.7 Å². The van der Waals surface area contributed by atoms with Crippen LogP contribution in [0.2, 0.25) is 0 Å². The van der Waals surface area contributed by atoms with E-state index < -0.39 is 5.60 Å². The number of hydrogen-bond acceptors (Lipinski definition) is 6. The van der Waals surface area contributed by atoms with E-state index in [-0.39, 0.29) is 0 Å². The molecule has 3 N–H and O–H groups in total. The second-order valence-corrected chi connectivity index (χ2v) is 8.01. The molecule has 7 nitrogen and oxygen atoms in total. The number of pyridine rings is 2. The van der Waals surface area contributed by atoms with Crippen LogP contribution in [0.4, 0.5) is 11.5 Å². The van der Waals surface area contributed by atoms with Crippen LogP contribution in [0.3, 0.4) is 0 Å². The fourth-order valence-corrected chi connectivity index (χ4v) is 3.61. The molecule has 4 aromatic rings. The highest BCUT2D eigenvalue weighted by atomic mass is 16.3. The molecular formula is C23H22N6O. The minimum Gasteiger partial charge on any atom is -0.384 e. The molecular weight excluding hydrogens is 376 g/mol. The molecule has 0 fully saturated rings. The number of aromatic nitrogens is 4. The van der Waals surface area contributed by atoms with Gasteiger partial charge < -0.3 is 10.4 Å². The van der Waals surface area contributed by atoms with Crippen molar-refractivity contribution in [2.45, 2.75) is 32.4 Å². The van der Waals surface area contributed by atoms with E-state index >= 15 is 0 Å². The van der Waals surface area contributed by atoms with Gasteiger partial charge in [0.25, 0.3) is 0 Å². The number of aromatic amines is 1. The van der Waals surface area contributed by atoms with Crippen molar-refractivity contribution in [2.75, 3.05) is 5.32 Å². The lowest BCUT2D eigenvalue weighted by molar-refractivity contribution is 0.0739. The smallest absolute Gasteiger partial charge is 0.136 e. The zero-order valence-corrected chi connectivity index (χ0v) is 16.8. The average molecular weight is 398 g/mol. The van der Waals surface area contributed by atoms with Gasteiger partial charge in [-0.05, 0) is 55.8 Å². The van der Waals surface area contributed by atoms with Gasteiger partial charge in [-0.15, -0.1) is 0 Å². The number of anilines is 2. The number of aliphatic hydroxyl groups is 1. The van der Waals surface area contributed by atoms with Gasteiger partial charge >= 0.3 is 0 Å². The Hall–Kier alpha value is -3.58. The van der Waals surface area contributed by atoms with E-state index in [1.54, 1.807) is 26.2 Å². The Balaban J connectivity index is 1.55.